The predicted molar refractivity (Wildman–Crippen MR) is 90.3 cm³/mol. The van der Waals surface area contributed by atoms with E-state index in [4.69, 9.17) is 21.7 Å². The SMILES string of the molecule is COc1ccc(NC(=S)N[C@@H]2CCCC[C@H]2C)cc1OC. The maximum absolute atomic E-state index is 5.42. The Balaban J connectivity index is 1.96. The Bertz CT molecular complexity index is 493. The zero-order chi connectivity index (χ0) is 15.2. The lowest BCUT2D eigenvalue weighted by Gasteiger charge is -2.30. The highest BCUT2D eigenvalue weighted by atomic mass is 32.1. The van der Waals surface area contributed by atoms with Crippen molar-refractivity contribution in [1.82, 2.24) is 5.32 Å². The summed E-state index contributed by atoms with van der Waals surface area (Å²) >= 11 is 5.42. The summed E-state index contributed by atoms with van der Waals surface area (Å²) in [5, 5.41) is 7.32. The van der Waals surface area contributed by atoms with Crippen molar-refractivity contribution in [2.24, 2.45) is 5.92 Å². The molecule has 0 heterocycles. The van der Waals surface area contributed by atoms with Gasteiger partial charge in [-0.05, 0) is 43.1 Å². The molecule has 1 saturated carbocycles. The number of hydrogen-bond donors (Lipinski definition) is 2. The van der Waals surface area contributed by atoms with Crippen LogP contribution in [0.25, 0.3) is 0 Å². The number of hydrogen-bond acceptors (Lipinski definition) is 3. The zero-order valence-electron chi connectivity index (χ0n) is 12.9. The molecule has 0 aromatic heterocycles. The Morgan fingerprint density at radius 3 is 2.52 bits per heavy atom. The first-order valence-electron chi connectivity index (χ1n) is 7.43. The average Bonchev–Trinajstić information content (AvgIpc) is 2.49. The van der Waals surface area contributed by atoms with Crippen LogP contribution in [0.4, 0.5) is 5.69 Å². The van der Waals surface area contributed by atoms with Crippen LogP contribution in [0.5, 0.6) is 11.5 Å². The molecule has 5 heteroatoms. The lowest BCUT2D eigenvalue weighted by atomic mass is 9.86. The number of methoxy groups -OCH3 is 2. The molecule has 0 spiro atoms. The average molecular weight is 308 g/mol. The van der Waals surface area contributed by atoms with Crippen LogP contribution < -0.4 is 20.1 Å². The van der Waals surface area contributed by atoms with Gasteiger partial charge in [-0.3, -0.25) is 0 Å². The van der Waals surface area contributed by atoms with E-state index < -0.39 is 0 Å². The largest absolute Gasteiger partial charge is 0.493 e. The zero-order valence-corrected chi connectivity index (χ0v) is 13.8. The number of thiocarbonyl (C=S) groups is 1. The van der Waals surface area contributed by atoms with Crippen LogP contribution in [-0.4, -0.2) is 25.4 Å². The minimum atomic E-state index is 0.471. The van der Waals surface area contributed by atoms with Gasteiger partial charge in [0.1, 0.15) is 0 Å². The van der Waals surface area contributed by atoms with E-state index in [1.54, 1.807) is 14.2 Å². The molecule has 2 N–H and O–H groups in total. The summed E-state index contributed by atoms with van der Waals surface area (Å²) in [4.78, 5) is 0. The van der Waals surface area contributed by atoms with Crippen LogP contribution in [0.2, 0.25) is 0 Å². The lowest BCUT2D eigenvalue weighted by Crippen LogP contribution is -2.43. The fraction of sp³-hybridized carbons (Fsp3) is 0.562. The number of rotatable bonds is 4. The van der Waals surface area contributed by atoms with Gasteiger partial charge in [0.05, 0.1) is 14.2 Å². The fourth-order valence-electron chi connectivity index (χ4n) is 2.78. The third kappa shape index (κ3) is 4.24. The van der Waals surface area contributed by atoms with Gasteiger partial charge in [0.2, 0.25) is 0 Å². The number of ether oxygens (including phenoxy) is 2. The molecule has 1 aliphatic rings. The molecule has 4 nitrogen and oxygen atoms in total. The highest BCUT2D eigenvalue weighted by Gasteiger charge is 2.21. The highest BCUT2D eigenvalue weighted by molar-refractivity contribution is 7.80. The van der Waals surface area contributed by atoms with Gasteiger partial charge in [0.15, 0.2) is 16.6 Å². The van der Waals surface area contributed by atoms with Gasteiger partial charge in [-0.2, -0.15) is 0 Å². The second-order valence-electron chi connectivity index (χ2n) is 5.54. The maximum Gasteiger partial charge on any atom is 0.171 e. The molecule has 0 aliphatic heterocycles. The minimum Gasteiger partial charge on any atom is -0.493 e. The Morgan fingerprint density at radius 1 is 1.14 bits per heavy atom. The monoisotopic (exact) mass is 308 g/mol. The molecule has 0 amide bonds. The fourth-order valence-corrected chi connectivity index (χ4v) is 3.05. The van der Waals surface area contributed by atoms with Gasteiger partial charge in [0.25, 0.3) is 0 Å². The first kappa shape index (κ1) is 15.9. The van der Waals surface area contributed by atoms with E-state index in [0.717, 1.165) is 5.69 Å². The van der Waals surface area contributed by atoms with Gasteiger partial charge in [-0.1, -0.05) is 19.8 Å². The normalized spacial score (nSPS) is 21.5. The Kier molecular flexibility index (Phi) is 5.67. The molecule has 21 heavy (non-hydrogen) atoms. The van der Waals surface area contributed by atoms with E-state index in [1.807, 2.05) is 18.2 Å². The summed E-state index contributed by atoms with van der Waals surface area (Å²) in [6.07, 6.45) is 5.07. The van der Waals surface area contributed by atoms with Gasteiger partial charge < -0.3 is 20.1 Å². The van der Waals surface area contributed by atoms with Crippen molar-refractivity contribution in [2.45, 2.75) is 38.6 Å². The van der Waals surface area contributed by atoms with Gasteiger partial charge in [0, 0.05) is 17.8 Å². The Labute approximate surface area is 132 Å². The van der Waals surface area contributed by atoms with Crippen LogP contribution >= 0.6 is 12.2 Å². The second-order valence-corrected chi connectivity index (χ2v) is 5.94. The summed E-state index contributed by atoms with van der Waals surface area (Å²) in [7, 11) is 3.25. The maximum atomic E-state index is 5.42. The molecular weight excluding hydrogens is 284 g/mol. The first-order valence-corrected chi connectivity index (χ1v) is 7.84. The highest BCUT2D eigenvalue weighted by Crippen LogP contribution is 2.30. The molecule has 1 aromatic carbocycles. The van der Waals surface area contributed by atoms with Crippen molar-refractivity contribution < 1.29 is 9.47 Å². The van der Waals surface area contributed by atoms with Crippen LogP contribution in [0.15, 0.2) is 18.2 Å². The molecule has 0 bridgehead atoms. The van der Waals surface area contributed by atoms with Crippen molar-refractivity contribution in [2.75, 3.05) is 19.5 Å². The molecule has 116 valence electrons. The first-order chi connectivity index (χ1) is 10.1. The second kappa shape index (κ2) is 7.50. The molecule has 1 aromatic rings. The van der Waals surface area contributed by atoms with Crippen LogP contribution in [0, 0.1) is 5.92 Å². The van der Waals surface area contributed by atoms with Crippen molar-refractivity contribution in [3.8, 4) is 11.5 Å². The predicted octanol–water partition coefficient (Wildman–Crippen LogP) is 3.57. The van der Waals surface area contributed by atoms with E-state index in [9.17, 15) is 0 Å². The quantitative estimate of drug-likeness (QED) is 0.832. The van der Waals surface area contributed by atoms with Crippen LogP contribution in [0.1, 0.15) is 32.6 Å². The van der Waals surface area contributed by atoms with Gasteiger partial charge in [-0.25, -0.2) is 0 Å². The summed E-state index contributed by atoms with van der Waals surface area (Å²) in [6, 6.07) is 6.16. The van der Waals surface area contributed by atoms with E-state index >= 15 is 0 Å². The van der Waals surface area contributed by atoms with Gasteiger partial charge >= 0.3 is 0 Å². The Hall–Kier alpha value is -1.49. The standard InChI is InChI=1S/C16H24N2O2S/c1-11-6-4-5-7-13(11)18-16(21)17-12-8-9-14(19-2)15(10-12)20-3/h8-11,13H,4-7H2,1-3H3,(H2,17,18,21)/t11-,13-/m1/s1. The summed E-state index contributed by atoms with van der Waals surface area (Å²) in [5.74, 6) is 2.07. The number of anilines is 1. The van der Waals surface area contributed by atoms with Crippen molar-refractivity contribution in [3.05, 3.63) is 18.2 Å². The van der Waals surface area contributed by atoms with Crippen molar-refractivity contribution in [1.29, 1.82) is 0 Å². The number of benzene rings is 1. The van der Waals surface area contributed by atoms with E-state index in [2.05, 4.69) is 17.6 Å². The topological polar surface area (TPSA) is 42.5 Å². The number of nitrogens with one attached hydrogen (secondary N) is 2. The minimum absolute atomic E-state index is 0.471. The van der Waals surface area contributed by atoms with Crippen molar-refractivity contribution >= 4 is 23.0 Å². The molecule has 2 rings (SSSR count). The van der Waals surface area contributed by atoms with Crippen molar-refractivity contribution in [3.63, 3.8) is 0 Å². The lowest BCUT2D eigenvalue weighted by molar-refractivity contribution is 0.309. The molecule has 0 unspecified atom stereocenters. The smallest absolute Gasteiger partial charge is 0.171 e. The molecule has 1 fully saturated rings. The molecule has 1 aliphatic carbocycles. The summed E-state index contributed by atoms with van der Waals surface area (Å²) < 4.78 is 10.5. The summed E-state index contributed by atoms with van der Waals surface area (Å²) in [5.41, 5.74) is 0.897. The molecule has 2 atom stereocenters. The molecule has 0 radical (unpaired) electrons. The third-order valence-corrected chi connectivity index (χ3v) is 4.29. The molecule has 0 saturated heterocycles. The van der Waals surface area contributed by atoms with E-state index in [1.165, 1.54) is 25.7 Å². The third-order valence-electron chi connectivity index (χ3n) is 4.07. The summed E-state index contributed by atoms with van der Waals surface area (Å²) in [6.45, 7) is 2.29. The van der Waals surface area contributed by atoms with Crippen LogP contribution in [0.3, 0.4) is 0 Å². The van der Waals surface area contributed by atoms with E-state index in [-0.39, 0.29) is 0 Å². The Morgan fingerprint density at radius 2 is 1.86 bits per heavy atom. The van der Waals surface area contributed by atoms with Gasteiger partial charge in [-0.15, -0.1) is 0 Å². The van der Waals surface area contributed by atoms with Crippen LogP contribution in [-0.2, 0) is 0 Å². The van der Waals surface area contributed by atoms with E-state index in [0.29, 0.717) is 28.6 Å². The molecular formula is C16H24N2O2S.